The van der Waals surface area contributed by atoms with E-state index in [9.17, 15) is 0 Å². The van der Waals surface area contributed by atoms with E-state index in [0.29, 0.717) is 0 Å². The second kappa shape index (κ2) is 7.65. The SMILES string of the molecule is C1=[NH+]CCCC[N+]2=Cc3ccccc3NN2Nc2ccccc21.[I-]. The summed E-state index contributed by atoms with van der Waals surface area (Å²) in [7, 11) is 0. The maximum Gasteiger partial charge on any atom is 0.207 e. The van der Waals surface area contributed by atoms with Gasteiger partial charge in [-0.1, -0.05) is 28.9 Å². The highest BCUT2D eigenvalue weighted by Crippen LogP contribution is 2.20. The summed E-state index contributed by atoms with van der Waals surface area (Å²) < 4.78 is 2.20. The van der Waals surface area contributed by atoms with Crippen LogP contribution in [0.3, 0.4) is 0 Å². The number of rotatable bonds is 0. The lowest BCUT2D eigenvalue weighted by atomic mass is 10.2. The number of hydrazine groups is 3. The molecular formula is C18H21IN5+. The summed E-state index contributed by atoms with van der Waals surface area (Å²) in [5.74, 6) is 0. The Morgan fingerprint density at radius 1 is 0.875 bits per heavy atom. The standard InChI is InChI=1S/C18H19N5.HI/c1-3-9-17-15(7-1)13-19-11-5-6-12-22-14-16-8-2-4-10-18(16)21-23(22)20-17;/h1-4,7-10,13-14H,5-6,11-12H2,(H,19,20);1H/p+1. The van der Waals surface area contributed by atoms with Crippen molar-refractivity contribution in [2.45, 2.75) is 12.8 Å². The fourth-order valence-electron chi connectivity index (χ4n) is 2.89. The maximum atomic E-state index is 3.48. The molecule has 0 aliphatic carbocycles. The quantitative estimate of drug-likeness (QED) is 0.332. The van der Waals surface area contributed by atoms with Gasteiger partial charge in [0, 0.05) is 18.1 Å². The summed E-state index contributed by atoms with van der Waals surface area (Å²) in [5, 5.41) is 1.97. The van der Waals surface area contributed by atoms with E-state index in [-0.39, 0.29) is 24.0 Å². The highest BCUT2D eigenvalue weighted by molar-refractivity contribution is 5.86. The number of anilines is 2. The molecule has 2 aliphatic rings. The van der Waals surface area contributed by atoms with Crippen molar-refractivity contribution in [3.63, 3.8) is 0 Å². The first-order valence-electron chi connectivity index (χ1n) is 8.10. The van der Waals surface area contributed by atoms with Crippen molar-refractivity contribution in [1.29, 1.82) is 0 Å². The first-order valence-corrected chi connectivity index (χ1v) is 8.10. The van der Waals surface area contributed by atoms with E-state index < -0.39 is 0 Å². The van der Waals surface area contributed by atoms with Gasteiger partial charge in [0.25, 0.3) is 0 Å². The topological polar surface area (TPSA) is 44.3 Å². The number of fused-ring (bicyclic) bond motifs is 3. The lowest BCUT2D eigenvalue weighted by Crippen LogP contribution is -3.00. The highest BCUT2D eigenvalue weighted by atomic mass is 127. The van der Waals surface area contributed by atoms with E-state index >= 15 is 0 Å². The Morgan fingerprint density at radius 3 is 2.33 bits per heavy atom. The molecule has 0 aromatic heterocycles. The van der Waals surface area contributed by atoms with Gasteiger partial charge in [-0.3, -0.25) is 0 Å². The first kappa shape index (κ1) is 16.8. The number of hydrogen-bond donors (Lipinski definition) is 3. The van der Waals surface area contributed by atoms with Crippen LogP contribution in [0, 0.1) is 0 Å². The second-order valence-electron chi connectivity index (χ2n) is 5.81. The van der Waals surface area contributed by atoms with Crippen LogP contribution in [-0.2, 0) is 0 Å². The predicted octanol–water partition coefficient (Wildman–Crippen LogP) is -2.00. The highest BCUT2D eigenvalue weighted by Gasteiger charge is 2.24. The Hall–Kier alpha value is -2.09. The number of benzene rings is 2. The zero-order valence-corrected chi connectivity index (χ0v) is 15.5. The molecule has 0 radical (unpaired) electrons. The molecule has 0 spiro atoms. The van der Waals surface area contributed by atoms with Crippen molar-refractivity contribution >= 4 is 23.8 Å². The van der Waals surface area contributed by atoms with Gasteiger partial charge in [-0.05, 0) is 24.3 Å². The van der Waals surface area contributed by atoms with Crippen LogP contribution in [0.4, 0.5) is 11.4 Å². The van der Waals surface area contributed by atoms with Crippen LogP contribution >= 0.6 is 0 Å². The molecule has 2 heterocycles. The third-order valence-electron chi connectivity index (χ3n) is 4.14. The molecule has 2 aromatic rings. The Labute approximate surface area is 159 Å². The number of nitrogens with one attached hydrogen (secondary N) is 3. The molecular weight excluding hydrogens is 413 g/mol. The van der Waals surface area contributed by atoms with Crippen molar-refractivity contribution in [1.82, 2.24) is 5.23 Å². The minimum absolute atomic E-state index is 0. The molecule has 0 saturated carbocycles. The van der Waals surface area contributed by atoms with Crippen LogP contribution in [0.25, 0.3) is 0 Å². The molecule has 0 unspecified atom stereocenters. The van der Waals surface area contributed by atoms with Gasteiger partial charge in [0.15, 0.2) is 12.8 Å². The third kappa shape index (κ3) is 3.53. The Bertz CT molecular complexity index is 772. The van der Waals surface area contributed by atoms with Crippen LogP contribution in [0.1, 0.15) is 24.0 Å². The van der Waals surface area contributed by atoms with Gasteiger partial charge in [-0.25, -0.2) is 15.8 Å². The molecule has 0 atom stereocenters. The molecule has 2 aromatic carbocycles. The molecule has 124 valence electrons. The average molecular weight is 434 g/mol. The maximum absolute atomic E-state index is 3.48. The van der Waals surface area contributed by atoms with Crippen LogP contribution in [0.5, 0.6) is 0 Å². The summed E-state index contributed by atoms with van der Waals surface area (Å²) in [4.78, 5) is 3.40. The average Bonchev–Trinajstić information content (AvgIpc) is 2.62. The number of para-hydroxylation sites is 2. The van der Waals surface area contributed by atoms with Gasteiger partial charge < -0.3 is 24.0 Å². The van der Waals surface area contributed by atoms with E-state index in [4.69, 9.17) is 0 Å². The van der Waals surface area contributed by atoms with Gasteiger partial charge in [0.1, 0.15) is 6.54 Å². The van der Waals surface area contributed by atoms with Crippen LogP contribution in [0.15, 0.2) is 48.5 Å². The summed E-state index contributed by atoms with van der Waals surface area (Å²) in [5.41, 5.74) is 11.5. The molecule has 0 saturated heterocycles. The van der Waals surface area contributed by atoms with Crippen molar-refractivity contribution in [2.75, 3.05) is 23.9 Å². The molecule has 3 N–H and O–H groups in total. The first-order chi connectivity index (χ1) is 11.4. The summed E-state index contributed by atoms with van der Waals surface area (Å²) in [6.45, 7) is 1.95. The molecule has 24 heavy (non-hydrogen) atoms. The number of halogens is 1. The number of hydrogen-bond acceptors (Lipinski definition) is 3. The fourth-order valence-corrected chi connectivity index (χ4v) is 2.89. The summed E-state index contributed by atoms with van der Waals surface area (Å²) in [6.07, 6.45) is 6.53. The van der Waals surface area contributed by atoms with Crippen molar-refractivity contribution in [3.05, 3.63) is 59.7 Å². The van der Waals surface area contributed by atoms with Crippen LogP contribution < -0.4 is 39.8 Å². The molecule has 0 fully saturated rings. The van der Waals surface area contributed by atoms with Crippen LogP contribution in [0.2, 0.25) is 0 Å². The molecule has 5 nitrogen and oxygen atoms in total. The molecule has 2 aliphatic heterocycles. The zero-order chi connectivity index (χ0) is 15.5. The van der Waals surface area contributed by atoms with Gasteiger partial charge in [0.2, 0.25) is 6.21 Å². The van der Waals surface area contributed by atoms with Gasteiger partial charge >= 0.3 is 0 Å². The van der Waals surface area contributed by atoms with E-state index in [1.165, 1.54) is 5.56 Å². The van der Waals surface area contributed by atoms with Gasteiger partial charge in [-0.2, -0.15) is 0 Å². The normalized spacial score (nSPS) is 16.0. The zero-order valence-electron chi connectivity index (χ0n) is 13.4. The molecule has 4 rings (SSSR count). The van der Waals surface area contributed by atoms with Gasteiger partial charge in [-0.15, -0.1) is 0 Å². The minimum Gasteiger partial charge on any atom is -1.00 e. The van der Waals surface area contributed by atoms with Crippen LogP contribution in [-0.4, -0.2) is 35.4 Å². The van der Waals surface area contributed by atoms with Crippen molar-refractivity contribution in [3.8, 4) is 0 Å². The summed E-state index contributed by atoms with van der Waals surface area (Å²) in [6, 6.07) is 16.6. The molecule has 6 heteroatoms. The lowest BCUT2D eigenvalue weighted by molar-refractivity contribution is -0.675. The van der Waals surface area contributed by atoms with E-state index in [1.54, 1.807) is 0 Å². The Balaban J connectivity index is 0.00000169. The smallest absolute Gasteiger partial charge is 0.207 e. The third-order valence-corrected chi connectivity index (χ3v) is 4.14. The molecule has 0 bridgehead atoms. The van der Waals surface area contributed by atoms with E-state index in [0.717, 1.165) is 42.9 Å². The summed E-state index contributed by atoms with van der Waals surface area (Å²) >= 11 is 0. The van der Waals surface area contributed by atoms with E-state index in [1.807, 2.05) is 17.4 Å². The van der Waals surface area contributed by atoms with Crippen molar-refractivity contribution < 1.29 is 33.7 Å². The second-order valence-corrected chi connectivity index (χ2v) is 5.81. The fraction of sp³-hybridized carbons (Fsp3) is 0.222. The minimum atomic E-state index is 0. The Kier molecular flexibility index (Phi) is 5.34. The van der Waals surface area contributed by atoms with E-state index in [2.05, 4.69) is 69.4 Å². The lowest BCUT2D eigenvalue weighted by Gasteiger charge is -2.26. The van der Waals surface area contributed by atoms with Gasteiger partial charge in [0.05, 0.1) is 22.5 Å². The van der Waals surface area contributed by atoms with Crippen molar-refractivity contribution in [2.24, 2.45) is 0 Å². The monoisotopic (exact) mass is 434 g/mol. The largest absolute Gasteiger partial charge is 1.00 e. The predicted molar refractivity (Wildman–Crippen MR) is 92.5 cm³/mol. The Morgan fingerprint density at radius 2 is 1.54 bits per heavy atom. The molecule has 0 amide bonds. The number of nitrogens with zero attached hydrogens (tertiary/aromatic N) is 2. The number of hydrazone groups is 1.